The van der Waals surface area contributed by atoms with E-state index in [9.17, 15) is 4.79 Å². The Morgan fingerprint density at radius 3 is 2.79 bits per heavy atom. The lowest BCUT2D eigenvalue weighted by Gasteiger charge is -2.17. The molecule has 0 aliphatic carbocycles. The van der Waals surface area contributed by atoms with E-state index in [1.165, 1.54) is 0 Å². The number of terminal acetylenes is 1. The van der Waals surface area contributed by atoms with Crippen LogP contribution in [0.2, 0.25) is 0 Å². The zero-order chi connectivity index (χ0) is 13.7. The lowest BCUT2D eigenvalue weighted by Crippen LogP contribution is -2.29. The summed E-state index contributed by atoms with van der Waals surface area (Å²) in [6, 6.07) is 7.44. The summed E-state index contributed by atoms with van der Waals surface area (Å²) in [6.45, 7) is 1.61. The fourth-order valence-electron chi connectivity index (χ4n) is 2.10. The minimum absolute atomic E-state index is 0.0405. The van der Waals surface area contributed by atoms with Crippen molar-refractivity contribution in [3.05, 3.63) is 24.3 Å². The second-order valence-corrected chi connectivity index (χ2v) is 4.41. The van der Waals surface area contributed by atoms with Gasteiger partial charge in [0.2, 0.25) is 5.91 Å². The van der Waals surface area contributed by atoms with Gasteiger partial charge in [-0.2, -0.15) is 0 Å². The largest absolute Gasteiger partial charge is 0.493 e. The van der Waals surface area contributed by atoms with Gasteiger partial charge < -0.3 is 14.4 Å². The Morgan fingerprint density at radius 2 is 2.16 bits per heavy atom. The first-order chi connectivity index (χ1) is 9.24. The van der Waals surface area contributed by atoms with Crippen molar-refractivity contribution in [1.29, 1.82) is 0 Å². The Labute approximate surface area is 113 Å². The first kappa shape index (κ1) is 13.3. The third kappa shape index (κ3) is 3.19. The van der Waals surface area contributed by atoms with E-state index in [1.54, 1.807) is 12.0 Å². The summed E-state index contributed by atoms with van der Waals surface area (Å²) in [5.74, 6) is 4.15. The minimum atomic E-state index is 0.0405. The molecular weight excluding hydrogens is 242 g/mol. The maximum absolute atomic E-state index is 11.7. The van der Waals surface area contributed by atoms with Gasteiger partial charge in [-0.05, 0) is 12.1 Å². The Balaban J connectivity index is 1.84. The van der Waals surface area contributed by atoms with E-state index >= 15 is 0 Å². The van der Waals surface area contributed by atoms with Crippen LogP contribution in [0.3, 0.4) is 0 Å². The predicted molar refractivity (Wildman–Crippen MR) is 72.0 cm³/mol. The van der Waals surface area contributed by atoms with Gasteiger partial charge in [0.15, 0.2) is 11.5 Å². The molecule has 2 rings (SSSR count). The highest BCUT2D eigenvalue weighted by atomic mass is 16.5. The number of nitrogens with zero attached hydrogens (tertiary/aromatic N) is 1. The summed E-state index contributed by atoms with van der Waals surface area (Å²) in [4.78, 5) is 13.4. The van der Waals surface area contributed by atoms with Gasteiger partial charge in [-0.15, -0.1) is 12.3 Å². The molecule has 1 amide bonds. The first-order valence-electron chi connectivity index (χ1n) is 6.24. The molecule has 0 saturated carbocycles. The molecule has 4 nitrogen and oxygen atoms in total. The highest BCUT2D eigenvalue weighted by Gasteiger charge is 2.27. The van der Waals surface area contributed by atoms with Crippen LogP contribution >= 0.6 is 0 Å². The Hall–Kier alpha value is -2.15. The first-order valence-corrected chi connectivity index (χ1v) is 6.24. The number of rotatable bonds is 5. The van der Waals surface area contributed by atoms with Gasteiger partial charge in [-0.1, -0.05) is 12.1 Å². The molecule has 1 atom stereocenters. The summed E-state index contributed by atoms with van der Waals surface area (Å²) >= 11 is 0. The monoisotopic (exact) mass is 259 g/mol. The third-order valence-corrected chi connectivity index (χ3v) is 3.14. The number of benzene rings is 1. The number of carbonyl (C=O) groups is 1. The molecule has 4 heteroatoms. The van der Waals surface area contributed by atoms with E-state index in [4.69, 9.17) is 15.9 Å². The molecule has 0 radical (unpaired) electrons. The molecule has 1 unspecified atom stereocenters. The van der Waals surface area contributed by atoms with Crippen molar-refractivity contribution in [2.45, 2.75) is 6.42 Å². The van der Waals surface area contributed by atoms with E-state index in [0.717, 1.165) is 0 Å². The molecule has 1 aromatic rings. The molecule has 100 valence electrons. The van der Waals surface area contributed by atoms with Gasteiger partial charge in [-0.25, -0.2) is 0 Å². The summed E-state index contributed by atoms with van der Waals surface area (Å²) in [6.07, 6.45) is 5.79. The van der Waals surface area contributed by atoms with E-state index in [2.05, 4.69) is 5.92 Å². The normalized spacial score (nSPS) is 18.2. The predicted octanol–water partition coefficient (Wildman–Crippen LogP) is 1.56. The Kier molecular flexibility index (Phi) is 4.30. The van der Waals surface area contributed by atoms with E-state index < -0.39 is 0 Å². The number of carbonyl (C=O) groups excluding carboxylic acids is 1. The summed E-state index contributed by atoms with van der Waals surface area (Å²) in [7, 11) is 1.60. The van der Waals surface area contributed by atoms with Crippen molar-refractivity contribution >= 4 is 5.91 Å². The molecule has 1 saturated heterocycles. The van der Waals surface area contributed by atoms with Crippen molar-refractivity contribution in [3.8, 4) is 23.8 Å². The van der Waals surface area contributed by atoms with Crippen molar-refractivity contribution in [2.75, 3.05) is 26.8 Å². The zero-order valence-corrected chi connectivity index (χ0v) is 11.0. The highest BCUT2D eigenvalue weighted by Crippen LogP contribution is 2.25. The van der Waals surface area contributed by atoms with Gasteiger partial charge in [0, 0.05) is 18.9 Å². The number of hydrogen-bond acceptors (Lipinski definition) is 3. The lowest BCUT2D eigenvalue weighted by atomic mass is 10.1. The topological polar surface area (TPSA) is 38.8 Å². The second kappa shape index (κ2) is 6.14. The fourth-order valence-corrected chi connectivity index (χ4v) is 2.10. The van der Waals surface area contributed by atoms with E-state index in [1.807, 2.05) is 24.3 Å². The quantitative estimate of drug-likeness (QED) is 0.753. The minimum Gasteiger partial charge on any atom is -0.493 e. The van der Waals surface area contributed by atoms with Crippen LogP contribution in [0, 0.1) is 18.3 Å². The number of methoxy groups -OCH3 is 1. The van der Waals surface area contributed by atoms with Crippen LogP contribution < -0.4 is 9.47 Å². The molecule has 1 aliphatic rings. The fraction of sp³-hybridized carbons (Fsp3) is 0.400. The van der Waals surface area contributed by atoms with Crippen LogP contribution in [-0.2, 0) is 4.79 Å². The molecule has 0 bridgehead atoms. The third-order valence-electron chi connectivity index (χ3n) is 3.14. The SMILES string of the molecule is C#CC1CC(=O)N(CCOc2ccccc2OC)C1. The number of ether oxygens (including phenoxy) is 2. The van der Waals surface area contributed by atoms with Crippen LogP contribution in [0.25, 0.3) is 0 Å². The van der Waals surface area contributed by atoms with Crippen molar-refractivity contribution in [1.82, 2.24) is 4.90 Å². The van der Waals surface area contributed by atoms with Crippen molar-refractivity contribution in [3.63, 3.8) is 0 Å². The molecule has 0 spiro atoms. The maximum Gasteiger partial charge on any atom is 0.224 e. The van der Waals surface area contributed by atoms with Crippen molar-refractivity contribution < 1.29 is 14.3 Å². The average Bonchev–Trinajstić information content (AvgIpc) is 2.80. The number of likely N-dealkylation sites (tertiary alicyclic amines) is 1. The smallest absolute Gasteiger partial charge is 0.224 e. The highest BCUT2D eigenvalue weighted by molar-refractivity contribution is 5.79. The average molecular weight is 259 g/mol. The standard InChI is InChI=1S/C15H17NO3/c1-3-12-10-15(17)16(11-12)8-9-19-14-7-5-4-6-13(14)18-2/h1,4-7,12H,8-11H2,2H3. The summed E-state index contributed by atoms with van der Waals surface area (Å²) in [5, 5.41) is 0. The van der Waals surface area contributed by atoms with Crippen LogP contribution in [0.1, 0.15) is 6.42 Å². The molecule has 1 fully saturated rings. The Morgan fingerprint density at radius 1 is 1.42 bits per heavy atom. The van der Waals surface area contributed by atoms with Gasteiger partial charge in [0.25, 0.3) is 0 Å². The molecule has 1 aromatic carbocycles. The lowest BCUT2D eigenvalue weighted by molar-refractivity contribution is -0.128. The molecule has 19 heavy (non-hydrogen) atoms. The Bertz CT molecular complexity index is 492. The molecule has 1 heterocycles. The maximum atomic E-state index is 11.7. The van der Waals surface area contributed by atoms with E-state index in [0.29, 0.717) is 37.6 Å². The van der Waals surface area contributed by atoms with Crippen LogP contribution in [-0.4, -0.2) is 37.6 Å². The van der Waals surface area contributed by atoms with Crippen molar-refractivity contribution in [2.24, 2.45) is 5.92 Å². The molecule has 1 aliphatic heterocycles. The van der Waals surface area contributed by atoms with Crippen LogP contribution in [0.15, 0.2) is 24.3 Å². The number of para-hydroxylation sites is 2. The summed E-state index contributed by atoms with van der Waals surface area (Å²) in [5.41, 5.74) is 0. The van der Waals surface area contributed by atoms with Gasteiger partial charge in [-0.3, -0.25) is 4.79 Å². The number of hydrogen-bond donors (Lipinski definition) is 0. The molecule has 0 aromatic heterocycles. The molecule has 0 N–H and O–H groups in total. The van der Waals surface area contributed by atoms with Gasteiger partial charge >= 0.3 is 0 Å². The summed E-state index contributed by atoms with van der Waals surface area (Å²) < 4.78 is 10.8. The van der Waals surface area contributed by atoms with Gasteiger partial charge in [0.05, 0.1) is 13.7 Å². The second-order valence-electron chi connectivity index (χ2n) is 4.41. The zero-order valence-electron chi connectivity index (χ0n) is 11.0. The molecular formula is C15H17NO3. The number of amides is 1. The van der Waals surface area contributed by atoms with Crippen LogP contribution in [0.4, 0.5) is 0 Å². The van der Waals surface area contributed by atoms with Crippen LogP contribution in [0.5, 0.6) is 11.5 Å². The van der Waals surface area contributed by atoms with E-state index in [-0.39, 0.29) is 11.8 Å². The van der Waals surface area contributed by atoms with Gasteiger partial charge in [0.1, 0.15) is 6.61 Å².